The Bertz CT molecular complexity index is 1470. The van der Waals surface area contributed by atoms with E-state index < -0.39 is 48.3 Å². The van der Waals surface area contributed by atoms with Gasteiger partial charge in [0.1, 0.15) is 12.5 Å². The van der Waals surface area contributed by atoms with Crippen molar-refractivity contribution in [3.05, 3.63) is 65.0 Å². The van der Waals surface area contributed by atoms with Crippen LogP contribution in [0.15, 0.2) is 42.5 Å². The third-order valence-electron chi connectivity index (χ3n) is 9.28. The number of nitrogens with one attached hydrogen (secondary N) is 2. The number of fused-ring (bicyclic) bond motifs is 2. The molecule has 0 bridgehead atoms. The number of carbonyl (C=O) groups excluding carboxylic acids is 4. The number of Topliss-reactive ketones (excluding diaryl/α,β-unsaturated/α-hetero) is 1. The number of benzene rings is 2. The highest BCUT2D eigenvalue weighted by atomic mass is 19.3. The summed E-state index contributed by atoms with van der Waals surface area (Å²) in [5.41, 5.74) is -0.315. The Morgan fingerprint density at radius 3 is 2.42 bits per heavy atom. The average Bonchev–Trinajstić information content (AvgIpc) is 3.70. The molecule has 43 heavy (non-hydrogen) atoms. The molecule has 228 valence electrons. The largest absolute Gasteiger partial charge is 0.335 e. The normalized spacial score (nSPS) is 25.1. The number of amides is 4. The van der Waals surface area contributed by atoms with E-state index in [0.29, 0.717) is 11.5 Å². The first-order valence-corrected chi connectivity index (χ1v) is 14.5. The number of alkyl halides is 2. The van der Waals surface area contributed by atoms with Gasteiger partial charge in [-0.25, -0.2) is 18.0 Å². The predicted molar refractivity (Wildman–Crippen MR) is 148 cm³/mol. The van der Waals surface area contributed by atoms with Gasteiger partial charge in [-0.15, -0.1) is 0 Å². The molecule has 2 aliphatic heterocycles. The highest BCUT2D eigenvalue weighted by Crippen LogP contribution is 2.48. The van der Waals surface area contributed by atoms with Crippen molar-refractivity contribution >= 4 is 29.3 Å². The monoisotopic (exact) mass is 598 g/mol. The molecule has 0 aromatic heterocycles. The zero-order valence-electron chi connectivity index (χ0n) is 23.9. The summed E-state index contributed by atoms with van der Waals surface area (Å²) in [7, 11) is 0. The lowest BCUT2D eigenvalue weighted by atomic mass is 9.91. The fraction of sp³-hybridized carbons (Fsp3) is 0.484. The number of carbonyl (C=O) groups is 4. The van der Waals surface area contributed by atoms with E-state index >= 15 is 0 Å². The Hall–Kier alpha value is -3.93. The van der Waals surface area contributed by atoms with Crippen LogP contribution in [0.1, 0.15) is 55.7 Å². The second kappa shape index (κ2) is 10.7. The third-order valence-corrected chi connectivity index (χ3v) is 9.28. The van der Waals surface area contributed by atoms with E-state index in [4.69, 9.17) is 4.74 Å². The molecule has 2 aromatic rings. The van der Waals surface area contributed by atoms with Crippen molar-refractivity contribution in [2.24, 2.45) is 11.8 Å². The summed E-state index contributed by atoms with van der Waals surface area (Å²) >= 11 is 0. The van der Waals surface area contributed by atoms with Crippen LogP contribution < -0.4 is 10.6 Å². The maximum absolute atomic E-state index is 14.1. The summed E-state index contributed by atoms with van der Waals surface area (Å²) in [5, 5.41) is 5.12. The fourth-order valence-electron chi connectivity index (χ4n) is 6.45. The van der Waals surface area contributed by atoms with E-state index in [-0.39, 0.29) is 54.6 Å². The predicted octanol–water partition coefficient (Wildman–Crippen LogP) is 4.13. The second-order valence-electron chi connectivity index (χ2n) is 12.1. The molecule has 6 rings (SSSR count). The lowest BCUT2D eigenvalue weighted by Gasteiger charge is -2.38. The van der Waals surface area contributed by atoms with Crippen LogP contribution in [0.5, 0.6) is 0 Å². The number of hydrogen-bond donors (Lipinski definition) is 2. The van der Waals surface area contributed by atoms with Gasteiger partial charge in [-0.1, -0.05) is 25.1 Å². The van der Waals surface area contributed by atoms with Gasteiger partial charge in [-0.05, 0) is 67.0 Å². The van der Waals surface area contributed by atoms with Crippen LogP contribution in [0.3, 0.4) is 0 Å². The number of halogens is 3. The highest BCUT2D eigenvalue weighted by molar-refractivity contribution is 6.17. The molecular formula is C31H33F3N4O5. The van der Waals surface area contributed by atoms with Crippen molar-refractivity contribution in [1.29, 1.82) is 0 Å². The Kier molecular flexibility index (Phi) is 7.22. The number of hydrogen-bond acceptors (Lipinski definition) is 5. The number of urea groups is 1. The standard InChI is InChI=1S/C31H33F3N4O5/c1-17(20-5-6-20)18(2)38(13-19-3-7-21(32)8-4-19)26(39)12-24-23-11-22(36-29(42)37-14-30(33,34)15-37)9-10-25(23)31(27(24)40)28(41)35-16-43-31/h3-4,7-11,17-18,20,24H,5-6,12-16H2,1-2H3,(H,35,41)(H,36,42)/t17-,18?,24?,31+/m1/s1. The number of rotatable bonds is 8. The molecule has 2 saturated heterocycles. The van der Waals surface area contributed by atoms with Crippen LogP contribution in [0.25, 0.3) is 0 Å². The summed E-state index contributed by atoms with van der Waals surface area (Å²) in [4.78, 5) is 56.3. The van der Waals surface area contributed by atoms with Gasteiger partial charge in [-0.2, -0.15) is 0 Å². The van der Waals surface area contributed by atoms with E-state index in [1.807, 2.05) is 6.92 Å². The first kappa shape index (κ1) is 29.2. The van der Waals surface area contributed by atoms with Crippen molar-refractivity contribution in [1.82, 2.24) is 15.1 Å². The molecule has 2 aromatic carbocycles. The molecule has 4 atom stereocenters. The zero-order chi connectivity index (χ0) is 30.7. The summed E-state index contributed by atoms with van der Waals surface area (Å²) in [5.74, 6) is -5.23. The molecule has 4 amide bonds. The van der Waals surface area contributed by atoms with E-state index in [2.05, 4.69) is 17.6 Å². The summed E-state index contributed by atoms with van der Waals surface area (Å²) in [6, 6.07) is 9.48. The molecule has 0 radical (unpaired) electrons. The lowest BCUT2D eigenvalue weighted by Crippen LogP contribution is -2.59. The van der Waals surface area contributed by atoms with Crippen molar-refractivity contribution in [2.45, 2.75) is 63.1 Å². The van der Waals surface area contributed by atoms with Gasteiger partial charge in [0.15, 0.2) is 5.78 Å². The van der Waals surface area contributed by atoms with Crippen molar-refractivity contribution in [3.63, 3.8) is 0 Å². The number of anilines is 1. The second-order valence-corrected chi connectivity index (χ2v) is 12.1. The van der Waals surface area contributed by atoms with Gasteiger partial charge < -0.3 is 25.2 Å². The van der Waals surface area contributed by atoms with Gasteiger partial charge in [0.25, 0.3) is 11.8 Å². The molecule has 9 nitrogen and oxygen atoms in total. The number of likely N-dealkylation sites (tertiary alicyclic amines) is 1. The van der Waals surface area contributed by atoms with Crippen molar-refractivity contribution in [2.75, 3.05) is 25.1 Å². The van der Waals surface area contributed by atoms with Crippen LogP contribution in [0, 0.1) is 17.7 Å². The molecule has 1 saturated carbocycles. The Morgan fingerprint density at radius 1 is 1.12 bits per heavy atom. The van der Waals surface area contributed by atoms with Gasteiger partial charge >= 0.3 is 6.03 Å². The van der Waals surface area contributed by atoms with Gasteiger partial charge in [0.05, 0.1) is 19.0 Å². The smallest absolute Gasteiger partial charge is 0.322 e. The highest BCUT2D eigenvalue weighted by Gasteiger charge is 2.61. The average molecular weight is 599 g/mol. The van der Waals surface area contributed by atoms with Gasteiger partial charge in [-0.3, -0.25) is 14.4 Å². The van der Waals surface area contributed by atoms with Crippen LogP contribution in [-0.2, 0) is 31.3 Å². The number of nitrogens with zero attached hydrogens (tertiary/aromatic N) is 2. The Balaban J connectivity index is 1.29. The molecule has 2 aliphatic carbocycles. The van der Waals surface area contributed by atoms with Crippen LogP contribution >= 0.6 is 0 Å². The minimum Gasteiger partial charge on any atom is -0.335 e. The van der Waals surface area contributed by atoms with Crippen LogP contribution in [0.2, 0.25) is 0 Å². The van der Waals surface area contributed by atoms with E-state index in [1.165, 1.54) is 30.3 Å². The topological polar surface area (TPSA) is 108 Å². The Morgan fingerprint density at radius 2 is 1.81 bits per heavy atom. The van der Waals surface area contributed by atoms with Gasteiger partial charge in [0.2, 0.25) is 11.5 Å². The molecule has 1 spiro atoms. The lowest BCUT2D eigenvalue weighted by molar-refractivity contribution is -0.150. The molecule has 12 heteroatoms. The molecule has 2 unspecified atom stereocenters. The summed E-state index contributed by atoms with van der Waals surface area (Å²) in [6.07, 6.45) is 1.90. The minimum atomic E-state index is -2.93. The summed E-state index contributed by atoms with van der Waals surface area (Å²) in [6.45, 7) is 2.70. The Labute approximate surface area is 246 Å². The number of ketones is 1. The van der Waals surface area contributed by atoms with E-state index in [1.54, 1.807) is 17.0 Å². The fourth-order valence-corrected chi connectivity index (χ4v) is 6.45. The molecule has 4 aliphatic rings. The van der Waals surface area contributed by atoms with E-state index in [0.717, 1.165) is 23.3 Å². The zero-order valence-corrected chi connectivity index (χ0v) is 23.9. The molecule has 3 fully saturated rings. The van der Waals surface area contributed by atoms with Crippen molar-refractivity contribution < 1.29 is 37.1 Å². The first-order valence-electron chi connectivity index (χ1n) is 14.5. The maximum Gasteiger partial charge on any atom is 0.322 e. The maximum atomic E-state index is 14.1. The molecule has 2 N–H and O–H groups in total. The summed E-state index contributed by atoms with van der Waals surface area (Å²) < 4.78 is 45.9. The molecular weight excluding hydrogens is 565 g/mol. The van der Waals surface area contributed by atoms with Crippen molar-refractivity contribution in [3.8, 4) is 0 Å². The molecule has 2 heterocycles. The van der Waals surface area contributed by atoms with Crippen LogP contribution in [-0.4, -0.2) is 65.2 Å². The van der Waals surface area contributed by atoms with E-state index in [9.17, 15) is 32.3 Å². The van der Waals surface area contributed by atoms with Gasteiger partial charge in [0, 0.05) is 30.3 Å². The van der Waals surface area contributed by atoms with Crippen LogP contribution in [0.4, 0.5) is 23.7 Å². The minimum absolute atomic E-state index is 0.179. The SMILES string of the molecule is CC([C@@H](C)C1CC1)N(Cc1ccc(F)cc1)C(=O)CC1C(=O)[C@@]2(OCNC2=O)c2ccc(NC(=O)N3CC(F)(F)C3)cc21. The first-order chi connectivity index (χ1) is 20.4. The third kappa shape index (κ3) is 5.26. The number of ether oxygens (including phenoxy) is 1. The quantitative estimate of drug-likeness (QED) is 0.445.